The van der Waals surface area contributed by atoms with Crippen molar-refractivity contribution in [1.29, 1.82) is 0 Å². The summed E-state index contributed by atoms with van der Waals surface area (Å²) < 4.78 is 2.31. The second-order valence-electron chi connectivity index (χ2n) is 1.80. The summed E-state index contributed by atoms with van der Waals surface area (Å²) in [5, 5.41) is 0. The van der Waals surface area contributed by atoms with Crippen molar-refractivity contribution in [3.05, 3.63) is 25.3 Å². The van der Waals surface area contributed by atoms with Crippen LogP contribution in [-0.4, -0.2) is 33.7 Å². The molecule has 5 heteroatoms. The van der Waals surface area contributed by atoms with Crippen molar-refractivity contribution in [3.8, 4) is 0 Å². The summed E-state index contributed by atoms with van der Waals surface area (Å²) in [6.45, 7) is 9.31. The third kappa shape index (κ3) is 18.1. The summed E-state index contributed by atoms with van der Waals surface area (Å²) in [7, 11) is 0. The van der Waals surface area contributed by atoms with E-state index < -0.39 is 0 Å². The third-order valence-electron chi connectivity index (χ3n) is 0.882. The Bertz CT molecular complexity index is 79.9. The van der Waals surface area contributed by atoms with Crippen LogP contribution in [0.2, 0.25) is 0 Å². The van der Waals surface area contributed by atoms with Gasteiger partial charge in [-0.1, -0.05) is 0 Å². The molecule has 1 nitrogen and oxygen atoms in total. The Balaban J connectivity index is -0.0000000817. The third-order valence-corrected chi connectivity index (χ3v) is 2.41. The van der Waals surface area contributed by atoms with Gasteiger partial charge in [0.1, 0.15) is 0 Å². The Morgan fingerprint density at radius 2 is 1.27 bits per heavy atom. The largest absolute Gasteiger partial charge is 0.147 e. The van der Waals surface area contributed by atoms with Crippen LogP contribution in [0.1, 0.15) is 0 Å². The zero-order valence-electron chi connectivity index (χ0n) is 6.66. The molecule has 0 saturated carbocycles. The monoisotopic (exact) mass is 281 g/mol. The molecule has 11 heavy (non-hydrogen) atoms. The van der Waals surface area contributed by atoms with Crippen LogP contribution in [0, 0.1) is 0 Å². The Hall–Kier alpha value is 0.853. The second-order valence-corrected chi connectivity index (χ2v) is 4.45. The number of rotatable bonds is 4. The van der Waals surface area contributed by atoms with E-state index in [0.29, 0.717) is 0 Å². The number of nitrogens with zero attached hydrogens (tertiary/aromatic N) is 1. The van der Waals surface area contributed by atoms with Crippen LogP contribution in [0.3, 0.4) is 0 Å². The number of halogens is 3. The second kappa shape index (κ2) is 17.1. The van der Waals surface area contributed by atoms with E-state index in [2.05, 4.69) is 17.0 Å². The maximum atomic E-state index is 3.64. The summed E-state index contributed by atoms with van der Waals surface area (Å²) in [5.74, 6) is 0. The summed E-state index contributed by atoms with van der Waals surface area (Å²) in [5.41, 5.74) is 0. The summed E-state index contributed by atoms with van der Waals surface area (Å²) in [6.07, 6.45) is 3.85. The molecule has 70 valence electrons. The molecular formula is C6H16Cl3GeN. The molecule has 0 saturated heterocycles. The van der Waals surface area contributed by atoms with E-state index in [1.807, 2.05) is 12.2 Å². The van der Waals surface area contributed by atoms with E-state index in [9.17, 15) is 0 Å². The molecular weight excluding hydrogens is 265 g/mol. The van der Waals surface area contributed by atoms with Gasteiger partial charge in [-0.25, -0.2) is 0 Å². The molecule has 0 heterocycles. The normalized spacial score (nSPS) is 7.00. The Morgan fingerprint density at radius 3 is 1.45 bits per heavy atom. The van der Waals surface area contributed by atoms with Crippen molar-refractivity contribution in [3.63, 3.8) is 0 Å². The fourth-order valence-corrected chi connectivity index (χ4v) is 1.60. The van der Waals surface area contributed by atoms with Gasteiger partial charge in [-0.3, -0.25) is 0 Å². The minimum Gasteiger partial charge on any atom is -0.147 e. The molecule has 0 aromatic heterocycles. The van der Waals surface area contributed by atoms with E-state index in [-0.39, 0.29) is 37.2 Å². The SMILES string of the molecule is C=CC[N]([GeH3])CC=C.Cl.Cl.Cl. The van der Waals surface area contributed by atoms with Gasteiger partial charge in [0.2, 0.25) is 0 Å². The first-order valence-electron chi connectivity index (χ1n) is 2.71. The van der Waals surface area contributed by atoms with Gasteiger partial charge in [-0.15, -0.1) is 37.2 Å². The van der Waals surface area contributed by atoms with Crippen molar-refractivity contribution in [2.75, 3.05) is 13.1 Å². The van der Waals surface area contributed by atoms with Gasteiger partial charge in [0.05, 0.1) is 0 Å². The molecule has 0 rings (SSSR count). The van der Waals surface area contributed by atoms with Crippen molar-refractivity contribution >= 4 is 54.0 Å². The van der Waals surface area contributed by atoms with Crippen LogP contribution in [0.5, 0.6) is 0 Å². The van der Waals surface area contributed by atoms with Gasteiger partial charge >= 0.3 is 59.0 Å². The Labute approximate surface area is 96.0 Å². The average molecular weight is 281 g/mol. The van der Waals surface area contributed by atoms with Crippen LogP contribution in [0.15, 0.2) is 25.3 Å². The zero-order chi connectivity index (χ0) is 6.41. The molecule has 0 aliphatic heterocycles. The zero-order valence-corrected chi connectivity index (χ0v) is 13.3. The first kappa shape index (κ1) is 22.6. The van der Waals surface area contributed by atoms with E-state index >= 15 is 0 Å². The standard InChI is InChI=1S/C6H13GeN.3ClH/c1-3-5-8(7)6-4-2;;;/h3-4H,1-2,5-6H2,7H3;3*1H. The van der Waals surface area contributed by atoms with E-state index in [4.69, 9.17) is 0 Å². The number of hydrogen-bond acceptors (Lipinski definition) is 1. The van der Waals surface area contributed by atoms with Crippen LogP contribution in [0.4, 0.5) is 0 Å². The summed E-state index contributed by atoms with van der Waals surface area (Å²) >= 11 is 0.773. The van der Waals surface area contributed by atoms with Crippen LogP contribution >= 0.6 is 37.2 Å². The molecule has 0 amide bonds. The number of hydrogen-bond donors (Lipinski definition) is 0. The van der Waals surface area contributed by atoms with Gasteiger partial charge < -0.3 is 0 Å². The summed E-state index contributed by atoms with van der Waals surface area (Å²) in [6, 6.07) is 0. The maximum absolute atomic E-state index is 3.64. The molecule has 0 aromatic rings. The topological polar surface area (TPSA) is 3.24 Å². The van der Waals surface area contributed by atoms with E-state index in [0.717, 1.165) is 29.8 Å². The molecule has 0 bridgehead atoms. The van der Waals surface area contributed by atoms with Crippen LogP contribution in [0.25, 0.3) is 0 Å². The van der Waals surface area contributed by atoms with Crippen LogP contribution < -0.4 is 0 Å². The fraction of sp³-hybridized carbons (Fsp3) is 0.333. The minimum absolute atomic E-state index is 0. The molecule has 0 unspecified atom stereocenters. The Kier molecular flexibility index (Phi) is 35.2. The van der Waals surface area contributed by atoms with Crippen molar-refractivity contribution < 1.29 is 0 Å². The predicted molar refractivity (Wildman–Crippen MR) is 63.7 cm³/mol. The Morgan fingerprint density at radius 1 is 1.00 bits per heavy atom. The predicted octanol–water partition coefficient (Wildman–Crippen LogP) is 1.21. The molecule has 0 spiro atoms. The molecule has 0 aliphatic carbocycles. The van der Waals surface area contributed by atoms with Gasteiger partial charge in [0, 0.05) is 0 Å². The molecule has 0 aliphatic rings. The van der Waals surface area contributed by atoms with E-state index in [1.165, 1.54) is 0 Å². The minimum atomic E-state index is 0. The summed E-state index contributed by atoms with van der Waals surface area (Å²) in [4.78, 5) is 0. The van der Waals surface area contributed by atoms with Gasteiger partial charge in [-0.2, -0.15) is 0 Å². The van der Waals surface area contributed by atoms with Gasteiger partial charge in [0.15, 0.2) is 0 Å². The molecule has 0 fully saturated rings. The average Bonchev–Trinajstić information content (AvgIpc) is 1.68. The molecule has 0 aromatic carbocycles. The smallest absolute Gasteiger partial charge is 0.147 e. The quantitative estimate of drug-likeness (QED) is 0.553. The first-order valence-corrected chi connectivity index (χ1v) is 4.59. The maximum Gasteiger partial charge on any atom is -0.147 e. The van der Waals surface area contributed by atoms with Crippen molar-refractivity contribution in [2.24, 2.45) is 0 Å². The van der Waals surface area contributed by atoms with Gasteiger partial charge in [0.25, 0.3) is 0 Å². The molecule has 0 N–H and O–H groups in total. The van der Waals surface area contributed by atoms with E-state index in [1.54, 1.807) is 0 Å². The fourth-order valence-electron chi connectivity index (χ4n) is 0.515. The molecule has 0 atom stereocenters. The van der Waals surface area contributed by atoms with Crippen LogP contribution in [-0.2, 0) is 0 Å². The van der Waals surface area contributed by atoms with Gasteiger partial charge in [-0.05, 0) is 0 Å². The molecule has 0 radical (unpaired) electrons. The first-order chi connectivity index (χ1) is 3.81. The van der Waals surface area contributed by atoms with Crippen molar-refractivity contribution in [2.45, 2.75) is 0 Å². The van der Waals surface area contributed by atoms with Crippen molar-refractivity contribution in [1.82, 2.24) is 3.86 Å².